The highest BCUT2D eigenvalue weighted by Gasteiger charge is 2.33. The van der Waals surface area contributed by atoms with Gasteiger partial charge in [0, 0.05) is 16.6 Å². The van der Waals surface area contributed by atoms with Crippen LogP contribution in [0.2, 0.25) is 10.0 Å². The number of nitrogens with one attached hydrogen (secondary N) is 2. The number of hydrogen-bond donors (Lipinski definition) is 2. The van der Waals surface area contributed by atoms with Gasteiger partial charge in [0.2, 0.25) is 0 Å². The zero-order valence-electron chi connectivity index (χ0n) is 14.9. The molecule has 3 aromatic rings. The average Bonchev–Trinajstić information content (AvgIpc) is 3.11. The second-order valence-corrected chi connectivity index (χ2v) is 7.39. The number of aliphatic imine (C=N–C) groups is 1. The van der Waals surface area contributed by atoms with Crippen molar-refractivity contribution in [3.8, 4) is 0 Å². The number of hydrogen-bond acceptors (Lipinski definition) is 3. The number of nitrogens with zero attached hydrogens (tertiary/aromatic N) is 1. The van der Waals surface area contributed by atoms with Crippen molar-refractivity contribution in [3.63, 3.8) is 0 Å². The Kier molecular flexibility index (Phi) is 5.51. The van der Waals surface area contributed by atoms with E-state index in [0.717, 1.165) is 16.7 Å². The van der Waals surface area contributed by atoms with Crippen LogP contribution in [-0.2, 0) is 6.54 Å². The van der Waals surface area contributed by atoms with Gasteiger partial charge >= 0.3 is 0 Å². The van der Waals surface area contributed by atoms with Gasteiger partial charge in [-0.25, -0.2) is 9.38 Å². The largest absolute Gasteiger partial charge is 0.352 e. The number of halogens is 3. The molecule has 3 nitrogen and oxygen atoms in total. The first kappa shape index (κ1) is 18.8. The lowest BCUT2D eigenvalue weighted by molar-refractivity contribution is 0.570. The van der Waals surface area contributed by atoms with E-state index >= 15 is 0 Å². The molecule has 0 aromatic heterocycles. The summed E-state index contributed by atoms with van der Waals surface area (Å²) < 4.78 is 13.4. The molecule has 0 spiro atoms. The van der Waals surface area contributed by atoms with Crippen molar-refractivity contribution in [2.45, 2.75) is 18.6 Å². The van der Waals surface area contributed by atoms with Crippen LogP contribution < -0.4 is 10.6 Å². The normalized spacial score (nSPS) is 18.5. The van der Waals surface area contributed by atoms with E-state index in [1.165, 1.54) is 12.1 Å². The van der Waals surface area contributed by atoms with Gasteiger partial charge in [0.15, 0.2) is 5.96 Å². The molecule has 6 heteroatoms. The van der Waals surface area contributed by atoms with Crippen molar-refractivity contribution in [1.82, 2.24) is 10.6 Å². The molecule has 0 amide bonds. The van der Waals surface area contributed by atoms with Gasteiger partial charge in [-0.1, -0.05) is 71.7 Å². The zero-order valence-corrected chi connectivity index (χ0v) is 16.4. The summed E-state index contributed by atoms with van der Waals surface area (Å²) in [4.78, 5) is 4.81. The number of benzene rings is 3. The molecule has 0 unspecified atom stereocenters. The van der Waals surface area contributed by atoms with E-state index in [4.69, 9.17) is 28.2 Å². The minimum absolute atomic E-state index is 0.163. The molecule has 1 aliphatic rings. The second-order valence-electron chi connectivity index (χ2n) is 6.57. The Morgan fingerprint density at radius 1 is 0.893 bits per heavy atom. The molecule has 4 rings (SSSR count). The summed E-state index contributed by atoms with van der Waals surface area (Å²) in [5.74, 6) is 0.364. The predicted molar refractivity (Wildman–Crippen MR) is 112 cm³/mol. The summed E-state index contributed by atoms with van der Waals surface area (Å²) in [5.41, 5.74) is 2.70. The Hall–Kier alpha value is -2.56. The van der Waals surface area contributed by atoms with Crippen molar-refractivity contribution in [3.05, 3.63) is 105 Å². The van der Waals surface area contributed by atoms with Gasteiger partial charge in [-0.15, -0.1) is 0 Å². The molecule has 28 heavy (non-hydrogen) atoms. The molecule has 0 fully saturated rings. The molecule has 0 aliphatic carbocycles. The van der Waals surface area contributed by atoms with Crippen LogP contribution in [0.1, 0.15) is 28.8 Å². The SMILES string of the molecule is Fc1cccc(CNC2=N[C@@H](c3ccccc3Cl)[C@@H](c3ccccc3Cl)N2)c1. The quantitative estimate of drug-likeness (QED) is 0.578. The maximum absolute atomic E-state index is 13.4. The molecule has 3 aromatic carbocycles. The van der Waals surface area contributed by atoms with Gasteiger partial charge in [-0.2, -0.15) is 0 Å². The fourth-order valence-electron chi connectivity index (χ4n) is 3.35. The minimum atomic E-state index is -0.261. The van der Waals surface area contributed by atoms with Gasteiger partial charge < -0.3 is 10.6 Å². The molecule has 142 valence electrons. The Morgan fingerprint density at radius 3 is 2.25 bits per heavy atom. The van der Waals surface area contributed by atoms with E-state index < -0.39 is 0 Å². The first-order chi connectivity index (χ1) is 13.6. The molecule has 0 saturated carbocycles. The van der Waals surface area contributed by atoms with Gasteiger partial charge in [0.25, 0.3) is 0 Å². The maximum atomic E-state index is 13.4. The van der Waals surface area contributed by atoms with Crippen LogP contribution in [0.15, 0.2) is 77.8 Å². The molecule has 0 radical (unpaired) electrons. The third kappa shape index (κ3) is 3.98. The summed E-state index contributed by atoms with van der Waals surface area (Å²) in [7, 11) is 0. The first-order valence-electron chi connectivity index (χ1n) is 8.93. The second kappa shape index (κ2) is 8.21. The maximum Gasteiger partial charge on any atom is 0.192 e. The third-order valence-electron chi connectivity index (χ3n) is 4.69. The summed E-state index contributed by atoms with van der Waals surface area (Å²) in [6.45, 7) is 0.452. The van der Waals surface area contributed by atoms with Crippen molar-refractivity contribution in [1.29, 1.82) is 0 Å². The first-order valence-corrected chi connectivity index (χ1v) is 9.69. The molecule has 1 heterocycles. The van der Waals surface area contributed by atoms with E-state index in [1.54, 1.807) is 6.07 Å². The number of rotatable bonds is 4. The lowest BCUT2D eigenvalue weighted by Gasteiger charge is -2.21. The highest BCUT2D eigenvalue weighted by molar-refractivity contribution is 6.32. The molecular weight excluding hydrogens is 396 g/mol. The molecule has 2 N–H and O–H groups in total. The Balaban J connectivity index is 1.62. The van der Waals surface area contributed by atoms with Gasteiger partial charge in [-0.3, -0.25) is 0 Å². The standard InChI is InChI=1S/C22H18Cl2FN3/c23-18-10-3-1-8-16(18)20-21(17-9-2-4-11-19(17)24)28-22(27-20)26-13-14-6-5-7-15(25)12-14/h1-12,20-21H,13H2,(H2,26,27,28)/t20-,21+. The van der Waals surface area contributed by atoms with E-state index in [1.807, 2.05) is 54.6 Å². The molecule has 0 saturated heterocycles. The van der Waals surface area contributed by atoms with Crippen molar-refractivity contribution < 1.29 is 4.39 Å². The van der Waals surface area contributed by atoms with Gasteiger partial charge in [0.1, 0.15) is 11.9 Å². The van der Waals surface area contributed by atoms with Crippen LogP contribution in [0.4, 0.5) is 4.39 Å². The van der Waals surface area contributed by atoms with Crippen LogP contribution in [0.5, 0.6) is 0 Å². The summed E-state index contributed by atoms with van der Waals surface area (Å²) in [6.07, 6.45) is 0. The Morgan fingerprint density at radius 2 is 1.57 bits per heavy atom. The van der Waals surface area contributed by atoms with Crippen molar-refractivity contribution in [2.24, 2.45) is 4.99 Å². The summed E-state index contributed by atoms with van der Waals surface area (Å²) >= 11 is 12.9. The Bertz CT molecular complexity index is 1020. The average molecular weight is 414 g/mol. The number of guanidine groups is 1. The highest BCUT2D eigenvalue weighted by Crippen LogP contribution is 2.40. The lowest BCUT2D eigenvalue weighted by atomic mass is 9.95. The fraction of sp³-hybridized carbons (Fsp3) is 0.136. The van der Waals surface area contributed by atoms with Crippen LogP contribution in [0.25, 0.3) is 0 Å². The predicted octanol–water partition coefficient (Wildman–Crippen LogP) is 5.66. The van der Waals surface area contributed by atoms with Gasteiger partial charge in [0.05, 0.1) is 6.04 Å². The van der Waals surface area contributed by atoms with E-state index in [0.29, 0.717) is 22.5 Å². The van der Waals surface area contributed by atoms with Crippen LogP contribution in [-0.4, -0.2) is 5.96 Å². The van der Waals surface area contributed by atoms with Gasteiger partial charge in [-0.05, 0) is 41.0 Å². The fourth-order valence-corrected chi connectivity index (χ4v) is 3.85. The monoisotopic (exact) mass is 413 g/mol. The molecule has 2 atom stereocenters. The van der Waals surface area contributed by atoms with Crippen LogP contribution in [0, 0.1) is 5.82 Å². The third-order valence-corrected chi connectivity index (χ3v) is 5.38. The minimum Gasteiger partial charge on any atom is -0.352 e. The Labute approximate surface area is 173 Å². The summed E-state index contributed by atoms with van der Waals surface area (Å²) in [5, 5.41) is 7.98. The topological polar surface area (TPSA) is 36.4 Å². The zero-order chi connectivity index (χ0) is 19.5. The van der Waals surface area contributed by atoms with Crippen LogP contribution >= 0.6 is 23.2 Å². The molecule has 0 bridgehead atoms. The lowest BCUT2D eigenvalue weighted by Crippen LogP contribution is -2.35. The van der Waals surface area contributed by atoms with E-state index in [9.17, 15) is 4.39 Å². The van der Waals surface area contributed by atoms with Crippen molar-refractivity contribution in [2.75, 3.05) is 0 Å². The summed E-state index contributed by atoms with van der Waals surface area (Å²) in [6, 6.07) is 21.4. The van der Waals surface area contributed by atoms with Crippen molar-refractivity contribution >= 4 is 29.2 Å². The highest BCUT2D eigenvalue weighted by atomic mass is 35.5. The van der Waals surface area contributed by atoms with Crippen LogP contribution in [0.3, 0.4) is 0 Å². The molecular formula is C22H18Cl2FN3. The van der Waals surface area contributed by atoms with E-state index in [2.05, 4.69) is 10.6 Å². The molecule has 1 aliphatic heterocycles. The van der Waals surface area contributed by atoms with E-state index in [-0.39, 0.29) is 17.9 Å². The smallest absolute Gasteiger partial charge is 0.192 e.